The van der Waals surface area contributed by atoms with E-state index in [1.54, 1.807) is 16.7 Å². The van der Waals surface area contributed by atoms with Crippen LogP contribution < -0.4 is 11.2 Å². The monoisotopic (exact) mass is 274 g/mol. The first-order chi connectivity index (χ1) is 9.56. The molecule has 7 heteroatoms. The minimum absolute atomic E-state index is 0.315. The average Bonchev–Trinajstić information content (AvgIpc) is 2.83. The van der Waals surface area contributed by atoms with Crippen LogP contribution in [0.2, 0.25) is 0 Å². The van der Waals surface area contributed by atoms with Crippen molar-refractivity contribution >= 4 is 11.2 Å². The highest BCUT2D eigenvalue weighted by Gasteiger charge is 2.11. The first kappa shape index (κ1) is 12.3. The van der Waals surface area contributed by atoms with Crippen LogP contribution in [-0.2, 0) is 13.6 Å². The van der Waals surface area contributed by atoms with E-state index in [4.69, 9.17) is 0 Å². The van der Waals surface area contributed by atoms with Crippen LogP contribution in [0.1, 0.15) is 5.56 Å². The molecule has 0 saturated heterocycles. The Morgan fingerprint density at radius 3 is 2.65 bits per heavy atom. The van der Waals surface area contributed by atoms with Crippen LogP contribution in [-0.4, -0.2) is 19.1 Å². The number of H-pyrrole nitrogens is 1. The molecule has 1 N–H and O–H groups in total. The van der Waals surface area contributed by atoms with E-state index in [0.29, 0.717) is 17.7 Å². The third-order valence-electron chi connectivity index (χ3n) is 3.14. The molecule has 0 bridgehead atoms. The van der Waals surface area contributed by atoms with Gasteiger partial charge in [-0.15, -0.1) is 0 Å². The zero-order valence-corrected chi connectivity index (χ0v) is 10.6. The number of aryl methyl sites for hydroxylation is 1. The molecule has 3 aromatic rings. The van der Waals surface area contributed by atoms with Crippen LogP contribution in [0.5, 0.6) is 0 Å². The Hall–Kier alpha value is -2.70. The molecule has 0 atom stereocenters. The molecule has 0 spiro atoms. The summed E-state index contributed by atoms with van der Waals surface area (Å²) in [4.78, 5) is 29.7. The smallest absolute Gasteiger partial charge is 0.320 e. The first-order valence-corrected chi connectivity index (χ1v) is 5.95. The highest BCUT2D eigenvalue weighted by molar-refractivity contribution is 5.69. The van der Waals surface area contributed by atoms with Crippen molar-refractivity contribution in [1.82, 2.24) is 19.1 Å². The molecule has 0 amide bonds. The highest BCUT2D eigenvalue weighted by Crippen LogP contribution is 2.09. The van der Waals surface area contributed by atoms with Crippen LogP contribution in [0.4, 0.5) is 4.39 Å². The highest BCUT2D eigenvalue weighted by atomic mass is 19.1. The van der Waals surface area contributed by atoms with Gasteiger partial charge in [-0.05, 0) is 17.7 Å². The van der Waals surface area contributed by atoms with Crippen LogP contribution in [0.25, 0.3) is 11.2 Å². The van der Waals surface area contributed by atoms with Crippen molar-refractivity contribution in [3.05, 3.63) is 62.8 Å². The van der Waals surface area contributed by atoms with Gasteiger partial charge in [0.1, 0.15) is 5.82 Å². The topological polar surface area (TPSA) is 72.7 Å². The van der Waals surface area contributed by atoms with E-state index in [1.807, 2.05) is 0 Å². The second-order valence-corrected chi connectivity index (χ2v) is 4.49. The number of hydrogen-bond donors (Lipinski definition) is 1. The number of nitrogens with zero attached hydrogens (tertiary/aromatic N) is 3. The molecule has 0 saturated carbocycles. The molecule has 102 valence electrons. The van der Waals surface area contributed by atoms with Gasteiger partial charge in [0.25, 0.3) is 5.56 Å². The summed E-state index contributed by atoms with van der Waals surface area (Å²) < 4.78 is 15.8. The molecule has 1 aromatic carbocycles. The number of rotatable bonds is 2. The Balaban J connectivity index is 2.14. The van der Waals surface area contributed by atoms with Gasteiger partial charge in [0.05, 0.1) is 6.33 Å². The number of benzene rings is 1. The molecule has 0 fully saturated rings. The summed E-state index contributed by atoms with van der Waals surface area (Å²) in [7, 11) is 1.54. The molecule has 6 nitrogen and oxygen atoms in total. The number of nitrogens with one attached hydrogen (secondary N) is 1. The van der Waals surface area contributed by atoms with Gasteiger partial charge in [-0.3, -0.25) is 14.3 Å². The Bertz CT molecular complexity index is 889. The summed E-state index contributed by atoms with van der Waals surface area (Å²) in [6.07, 6.45) is 1.49. The van der Waals surface area contributed by atoms with E-state index in [0.717, 1.165) is 5.56 Å². The van der Waals surface area contributed by atoms with Gasteiger partial charge in [0.15, 0.2) is 11.2 Å². The zero-order valence-electron chi connectivity index (χ0n) is 10.6. The number of fused-ring (bicyclic) bond motifs is 1. The number of aromatic nitrogens is 4. The Labute approximate surface area is 112 Å². The molecule has 0 aliphatic heterocycles. The largest absolute Gasteiger partial charge is 0.329 e. The lowest BCUT2D eigenvalue weighted by Crippen LogP contribution is -2.29. The third-order valence-corrected chi connectivity index (χ3v) is 3.14. The Morgan fingerprint density at radius 2 is 1.95 bits per heavy atom. The lowest BCUT2D eigenvalue weighted by atomic mass is 10.2. The van der Waals surface area contributed by atoms with Crippen molar-refractivity contribution < 1.29 is 4.39 Å². The fourth-order valence-electron chi connectivity index (χ4n) is 2.09. The maximum absolute atomic E-state index is 12.9. The van der Waals surface area contributed by atoms with Crippen molar-refractivity contribution in [2.75, 3.05) is 0 Å². The van der Waals surface area contributed by atoms with Crippen molar-refractivity contribution in [3.63, 3.8) is 0 Å². The molecule has 2 aromatic heterocycles. The maximum atomic E-state index is 12.9. The van der Waals surface area contributed by atoms with Crippen LogP contribution in [0, 0.1) is 5.82 Å². The minimum atomic E-state index is -0.505. The normalized spacial score (nSPS) is 11.1. The number of imidazole rings is 1. The fourth-order valence-corrected chi connectivity index (χ4v) is 2.09. The first-order valence-electron chi connectivity index (χ1n) is 5.95. The summed E-state index contributed by atoms with van der Waals surface area (Å²) in [5.41, 5.74) is 0.480. The predicted molar refractivity (Wildman–Crippen MR) is 71.1 cm³/mol. The van der Waals surface area contributed by atoms with E-state index in [1.165, 1.54) is 30.1 Å². The molecular weight excluding hydrogens is 263 g/mol. The lowest BCUT2D eigenvalue weighted by Gasteiger charge is -2.04. The quantitative estimate of drug-likeness (QED) is 0.744. The van der Waals surface area contributed by atoms with Gasteiger partial charge in [0, 0.05) is 13.6 Å². The SMILES string of the molecule is Cn1c(=O)[nH]c(=O)c2c1ncn2Cc1ccc(F)cc1. The van der Waals surface area contributed by atoms with Crippen LogP contribution >= 0.6 is 0 Å². The van der Waals surface area contributed by atoms with Gasteiger partial charge in [-0.2, -0.15) is 0 Å². The van der Waals surface area contributed by atoms with Crippen molar-refractivity contribution in [3.8, 4) is 0 Å². The summed E-state index contributed by atoms with van der Waals surface area (Å²) in [6, 6.07) is 5.98. The van der Waals surface area contributed by atoms with E-state index < -0.39 is 11.2 Å². The second-order valence-electron chi connectivity index (χ2n) is 4.49. The molecule has 20 heavy (non-hydrogen) atoms. The van der Waals surface area contributed by atoms with Crippen molar-refractivity contribution in [1.29, 1.82) is 0 Å². The van der Waals surface area contributed by atoms with Crippen molar-refractivity contribution in [2.24, 2.45) is 7.05 Å². The number of hydrogen-bond acceptors (Lipinski definition) is 3. The van der Waals surface area contributed by atoms with Crippen LogP contribution in [0.3, 0.4) is 0 Å². The lowest BCUT2D eigenvalue weighted by molar-refractivity contribution is 0.626. The summed E-state index contributed by atoms with van der Waals surface area (Å²) in [5, 5.41) is 0. The van der Waals surface area contributed by atoms with Gasteiger partial charge < -0.3 is 4.57 Å². The van der Waals surface area contributed by atoms with Crippen molar-refractivity contribution in [2.45, 2.75) is 6.54 Å². The molecule has 0 radical (unpaired) electrons. The predicted octanol–water partition coefficient (Wildman–Crippen LogP) is 0.611. The molecule has 2 heterocycles. The minimum Gasteiger partial charge on any atom is -0.320 e. The molecule has 3 rings (SSSR count). The number of halogens is 1. The average molecular weight is 274 g/mol. The number of aromatic amines is 1. The standard InChI is InChI=1S/C13H11FN4O2/c1-17-11-10(12(19)16-13(17)20)18(7-15-11)6-8-2-4-9(14)5-3-8/h2-5,7H,6H2,1H3,(H,16,19,20). The summed E-state index contributed by atoms with van der Waals surface area (Å²) in [5.74, 6) is -0.315. The third kappa shape index (κ3) is 1.93. The molecular formula is C13H11FN4O2. The summed E-state index contributed by atoms with van der Waals surface area (Å²) >= 11 is 0. The van der Waals surface area contributed by atoms with Gasteiger partial charge in [-0.25, -0.2) is 14.2 Å². The molecule has 0 aliphatic rings. The van der Waals surface area contributed by atoms with E-state index in [9.17, 15) is 14.0 Å². The van der Waals surface area contributed by atoms with E-state index in [2.05, 4.69) is 9.97 Å². The van der Waals surface area contributed by atoms with Gasteiger partial charge >= 0.3 is 5.69 Å². The molecule has 0 aliphatic carbocycles. The van der Waals surface area contributed by atoms with E-state index >= 15 is 0 Å². The fraction of sp³-hybridized carbons (Fsp3) is 0.154. The second kappa shape index (κ2) is 4.44. The van der Waals surface area contributed by atoms with E-state index in [-0.39, 0.29) is 5.82 Å². The zero-order chi connectivity index (χ0) is 14.3. The Morgan fingerprint density at radius 1 is 1.25 bits per heavy atom. The maximum Gasteiger partial charge on any atom is 0.329 e. The van der Waals surface area contributed by atoms with Gasteiger partial charge in [0.2, 0.25) is 0 Å². The van der Waals surface area contributed by atoms with Crippen LogP contribution in [0.15, 0.2) is 40.2 Å². The molecule has 0 unspecified atom stereocenters. The Kier molecular flexibility index (Phi) is 2.74. The summed E-state index contributed by atoms with van der Waals surface area (Å²) in [6.45, 7) is 0.373. The van der Waals surface area contributed by atoms with Gasteiger partial charge in [-0.1, -0.05) is 12.1 Å².